The maximum Gasteiger partial charge on any atom is 0.273 e. The molecule has 8 heteroatoms. The molecule has 134 valence electrons. The van der Waals surface area contributed by atoms with Crippen LogP contribution in [0.2, 0.25) is 5.02 Å². The van der Waals surface area contributed by atoms with Crippen molar-refractivity contribution in [3.8, 4) is 0 Å². The molecule has 1 N–H and O–H groups in total. The lowest BCUT2D eigenvalue weighted by Crippen LogP contribution is -2.40. The SMILES string of the molecule is [2H]/C(C=O)=C(/[2H])C(=O)N1Cc2ncc(C(=O)Nc3ccccc3Cl)n2[C@@H](C)C1. The third kappa shape index (κ3) is 3.52. The van der Waals surface area contributed by atoms with Gasteiger partial charge in [-0.15, -0.1) is 0 Å². The van der Waals surface area contributed by atoms with Crippen molar-refractivity contribution in [2.75, 3.05) is 11.9 Å². The number of halogens is 1. The number of rotatable bonds is 4. The van der Waals surface area contributed by atoms with Crippen LogP contribution in [0.3, 0.4) is 0 Å². The Bertz CT molecular complexity index is 989. The zero-order valence-corrected chi connectivity index (χ0v) is 14.7. The molecule has 0 spiro atoms. The molecule has 0 fully saturated rings. The molecule has 0 saturated carbocycles. The van der Waals surface area contributed by atoms with E-state index in [1.807, 2.05) is 6.92 Å². The molecule has 1 atom stereocenters. The highest BCUT2D eigenvalue weighted by molar-refractivity contribution is 6.33. The summed E-state index contributed by atoms with van der Waals surface area (Å²) in [6.45, 7) is 2.09. The number of benzene rings is 1. The second kappa shape index (κ2) is 7.53. The smallest absolute Gasteiger partial charge is 0.273 e. The monoisotopic (exact) mass is 374 g/mol. The molecule has 1 aliphatic heterocycles. The van der Waals surface area contributed by atoms with Crippen LogP contribution in [0.5, 0.6) is 0 Å². The maximum absolute atomic E-state index is 12.7. The van der Waals surface area contributed by atoms with E-state index in [9.17, 15) is 14.4 Å². The quantitative estimate of drug-likeness (QED) is 0.658. The van der Waals surface area contributed by atoms with Crippen LogP contribution in [0, 0.1) is 0 Å². The fourth-order valence-corrected chi connectivity index (χ4v) is 3.07. The minimum Gasteiger partial charge on any atom is -0.330 e. The molecule has 0 unspecified atom stereocenters. The van der Waals surface area contributed by atoms with Crippen molar-refractivity contribution >= 4 is 35.4 Å². The number of anilines is 1. The zero-order chi connectivity index (χ0) is 20.4. The van der Waals surface area contributed by atoms with Gasteiger partial charge < -0.3 is 14.8 Å². The number of fused-ring (bicyclic) bond motifs is 1. The normalized spacial score (nSPS) is 18.2. The fraction of sp³-hybridized carbons (Fsp3) is 0.222. The van der Waals surface area contributed by atoms with Crippen molar-refractivity contribution in [2.24, 2.45) is 0 Å². The molecule has 7 nitrogen and oxygen atoms in total. The molecule has 0 radical (unpaired) electrons. The van der Waals surface area contributed by atoms with Crippen LogP contribution in [-0.2, 0) is 16.1 Å². The number of aromatic nitrogens is 2. The molecule has 2 aromatic rings. The number of carbonyl (C=O) groups excluding carboxylic acids is 3. The largest absolute Gasteiger partial charge is 0.330 e. The molecule has 1 aromatic carbocycles. The van der Waals surface area contributed by atoms with E-state index in [4.69, 9.17) is 14.3 Å². The predicted molar refractivity (Wildman–Crippen MR) is 97.0 cm³/mol. The van der Waals surface area contributed by atoms with Crippen LogP contribution in [-0.4, -0.2) is 39.1 Å². The van der Waals surface area contributed by atoms with Crippen LogP contribution in [0.1, 0.15) is 32.0 Å². The Labute approximate surface area is 158 Å². The van der Waals surface area contributed by atoms with Gasteiger partial charge in [-0.1, -0.05) is 23.7 Å². The Morgan fingerprint density at radius 2 is 2.19 bits per heavy atom. The number of para-hydroxylation sites is 1. The number of imidazole rings is 1. The van der Waals surface area contributed by atoms with E-state index in [2.05, 4.69) is 10.3 Å². The van der Waals surface area contributed by atoms with Gasteiger partial charge in [0, 0.05) is 12.6 Å². The first-order valence-corrected chi connectivity index (χ1v) is 8.25. The summed E-state index contributed by atoms with van der Waals surface area (Å²) in [7, 11) is 0. The Hall–Kier alpha value is -2.93. The van der Waals surface area contributed by atoms with E-state index in [1.54, 1.807) is 28.8 Å². The van der Waals surface area contributed by atoms with E-state index in [0.717, 1.165) is 0 Å². The number of aldehydes is 1. The molecule has 2 amide bonds. The Morgan fingerprint density at radius 3 is 2.92 bits per heavy atom. The summed E-state index contributed by atoms with van der Waals surface area (Å²) in [6.07, 6.45) is 1.58. The zero-order valence-electron chi connectivity index (χ0n) is 15.9. The molecule has 0 aliphatic carbocycles. The lowest BCUT2D eigenvalue weighted by Gasteiger charge is -2.32. The molecule has 0 saturated heterocycles. The fourth-order valence-electron chi connectivity index (χ4n) is 2.89. The van der Waals surface area contributed by atoms with Crippen LogP contribution >= 0.6 is 11.6 Å². The van der Waals surface area contributed by atoms with E-state index in [0.29, 0.717) is 22.2 Å². The first-order valence-electron chi connectivity index (χ1n) is 8.87. The van der Waals surface area contributed by atoms with Crippen molar-refractivity contribution in [3.63, 3.8) is 0 Å². The summed E-state index contributed by atoms with van der Waals surface area (Å²) < 4.78 is 16.7. The van der Waals surface area contributed by atoms with E-state index < -0.39 is 18.0 Å². The number of nitrogens with zero attached hydrogens (tertiary/aromatic N) is 3. The van der Waals surface area contributed by atoms with Gasteiger partial charge in [-0.25, -0.2) is 4.98 Å². The lowest BCUT2D eigenvalue weighted by molar-refractivity contribution is -0.128. The summed E-state index contributed by atoms with van der Waals surface area (Å²) in [4.78, 5) is 41.2. The van der Waals surface area contributed by atoms with Crippen molar-refractivity contribution in [3.05, 3.63) is 59.1 Å². The summed E-state index contributed by atoms with van der Waals surface area (Å²) in [5.74, 6) is -0.629. The van der Waals surface area contributed by atoms with Crippen LogP contribution < -0.4 is 5.32 Å². The van der Waals surface area contributed by atoms with Crippen molar-refractivity contribution < 1.29 is 17.1 Å². The third-order valence-corrected chi connectivity index (χ3v) is 4.34. The average molecular weight is 375 g/mol. The molecule has 0 bridgehead atoms. The second-order valence-electron chi connectivity index (χ2n) is 5.79. The van der Waals surface area contributed by atoms with Crippen molar-refractivity contribution in [2.45, 2.75) is 19.5 Å². The van der Waals surface area contributed by atoms with Crippen LogP contribution in [0.15, 0.2) is 42.6 Å². The molecule has 3 rings (SSSR count). The lowest BCUT2D eigenvalue weighted by atomic mass is 10.2. The van der Waals surface area contributed by atoms with Gasteiger partial charge in [0.05, 0.1) is 32.2 Å². The predicted octanol–water partition coefficient (Wildman–Crippen LogP) is 2.45. The number of allylic oxidation sites excluding steroid dienone is 1. The van der Waals surface area contributed by atoms with Crippen LogP contribution in [0.4, 0.5) is 5.69 Å². The topological polar surface area (TPSA) is 84.3 Å². The molecular formula is C18H17ClN4O3. The van der Waals surface area contributed by atoms with Gasteiger partial charge in [0.2, 0.25) is 5.91 Å². The van der Waals surface area contributed by atoms with Gasteiger partial charge in [-0.05, 0) is 25.1 Å². The Balaban J connectivity index is 1.84. The third-order valence-electron chi connectivity index (χ3n) is 4.01. The molecule has 1 aromatic heterocycles. The van der Waals surface area contributed by atoms with Crippen molar-refractivity contribution in [1.82, 2.24) is 14.5 Å². The second-order valence-corrected chi connectivity index (χ2v) is 6.19. The molecule has 2 heterocycles. The van der Waals surface area contributed by atoms with Crippen LogP contribution in [0.25, 0.3) is 0 Å². The van der Waals surface area contributed by atoms with Gasteiger partial charge in [0.25, 0.3) is 5.91 Å². The van der Waals surface area contributed by atoms with Crippen molar-refractivity contribution in [1.29, 1.82) is 0 Å². The standard InChI is InChI=1S/C18H17ClN4O3/c1-12-10-22(17(25)7-4-8-24)11-16-20-9-15(23(12)16)18(26)21-14-6-3-2-5-13(14)19/h2-9,12H,10-11H2,1H3,(H,21,26)/b7-4+/t12-/m0/s1/i4D,7D. The first-order chi connectivity index (χ1) is 13.3. The highest BCUT2D eigenvalue weighted by atomic mass is 35.5. The number of hydrogen-bond acceptors (Lipinski definition) is 4. The van der Waals surface area contributed by atoms with Gasteiger partial charge in [0.15, 0.2) is 0 Å². The average Bonchev–Trinajstić information content (AvgIpc) is 3.12. The maximum atomic E-state index is 12.7. The number of nitrogens with one attached hydrogen (secondary N) is 1. The summed E-state index contributed by atoms with van der Waals surface area (Å²) in [6, 6.07) is 5.23. The molecule has 1 aliphatic rings. The highest BCUT2D eigenvalue weighted by Crippen LogP contribution is 2.25. The highest BCUT2D eigenvalue weighted by Gasteiger charge is 2.29. The van der Waals surface area contributed by atoms with E-state index in [-0.39, 0.29) is 31.3 Å². The number of hydrogen-bond donors (Lipinski definition) is 1. The molecule has 26 heavy (non-hydrogen) atoms. The van der Waals surface area contributed by atoms with Gasteiger partial charge in [-0.2, -0.15) is 0 Å². The van der Waals surface area contributed by atoms with E-state index >= 15 is 0 Å². The summed E-state index contributed by atoms with van der Waals surface area (Å²) >= 11 is 6.08. The van der Waals surface area contributed by atoms with Gasteiger partial charge >= 0.3 is 0 Å². The summed E-state index contributed by atoms with van der Waals surface area (Å²) in [5.41, 5.74) is 0.802. The van der Waals surface area contributed by atoms with Gasteiger partial charge in [0.1, 0.15) is 17.8 Å². The number of amides is 2. The minimum atomic E-state index is -0.722. The Kier molecular flexibility index (Phi) is 4.44. The first kappa shape index (κ1) is 15.3. The van der Waals surface area contributed by atoms with E-state index in [1.165, 1.54) is 11.1 Å². The van der Waals surface area contributed by atoms with Gasteiger partial charge in [-0.3, -0.25) is 14.4 Å². The number of carbonyl (C=O) groups is 3. The summed E-state index contributed by atoms with van der Waals surface area (Å²) in [5, 5.41) is 3.16. The minimum absolute atomic E-state index is 0.0665. The Morgan fingerprint density at radius 1 is 1.42 bits per heavy atom. The molecular weight excluding hydrogens is 356 g/mol.